The number of benzene rings is 1. The summed E-state index contributed by atoms with van der Waals surface area (Å²) in [5.74, 6) is 0.962. The van der Waals surface area contributed by atoms with Gasteiger partial charge in [0.1, 0.15) is 5.75 Å². The van der Waals surface area contributed by atoms with Gasteiger partial charge in [-0.1, -0.05) is 6.07 Å². The molecule has 20 heavy (non-hydrogen) atoms. The number of ether oxygens (including phenoxy) is 1. The highest BCUT2D eigenvalue weighted by Gasteiger charge is 2.06. The number of rotatable bonds is 8. The maximum Gasteiger partial charge on any atom is 0.121 e. The van der Waals surface area contributed by atoms with E-state index in [4.69, 9.17) is 4.74 Å². The van der Waals surface area contributed by atoms with Crippen molar-refractivity contribution in [2.24, 2.45) is 0 Å². The van der Waals surface area contributed by atoms with Crippen LogP contribution in [0.2, 0.25) is 0 Å². The Hall–Kier alpha value is -1.22. The highest BCUT2D eigenvalue weighted by molar-refractivity contribution is 5.49. The highest BCUT2D eigenvalue weighted by Crippen LogP contribution is 2.19. The lowest BCUT2D eigenvalue weighted by atomic mass is 10.1. The largest absolute Gasteiger partial charge is 0.494 e. The first kappa shape index (κ1) is 16.8. The molecule has 0 heterocycles. The first-order valence-corrected chi connectivity index (χ1v) is 7.54. The van der Waals surface area contributed by atoms with E-state index in [0.717, 1.165) is 25.3 Å². The van der Waals surface area contributed by atoms with Gasteiger partial charge in [0.25, 0.3) is 0 Å². The second kappa shape index (κ2) is 8.15. The van der Waals surface area contributed by atoms with E-state index in [-0.39, 0.29) is 5.54 Å². The van der Waals surface area contributed by atoms with Crippen molar-refractivity contribution in [1.82, 2.24) is 5.32 Å². The summed E-state index contributed by atoms with van der Waals surface area (Å²) in [6.07, 6.45) is 3.52. The number of nitrogens with one attached hydrogen (secondary N) is 1. The van der Waals surface area contributed by atoms with Crippen LogP contribution in [-0.4, -0.2) is 32.8 Å². The summed E-state index contributed by atoms with van der Waals surface area (Å²) in [6, 6.07) is 8.23. The standard InChI is InChI=1S/C17H30N2O/c1-17(2,3)18-12-7-6-8-13-20-16-11-9-10-15(14-16)19(4)5/h9-11,14,18H,6-8,12-13H2,1-5H3. The molecule has 1 aromatic rings. The predicted octanol–water partition coefficient (Wildman–Crippen LogP) is 3.69. The van der Waals surface area contributed by atoms with Gasteiger partial charge < -0.3 is 15.0 Å². The zero-order valence-electron chi connectivity index (χ0n) is 13.7. The number of nitrogens with zero attached hydrogens (tertiary/aromatic N) is 1. The Balaban J connectivity index is 2.14. The third-order valence-electron chi connectivity index (χ3n) is 3.08. The molecule has 1 N–H and O–H groups in total. The number of hydrogen-bond donors (Lipinski definition) is 1. The first-order valence-electron chi connectivity index (χ1n) is 7.54. The average molecular weight is 278 g/mol. The molecule has 0 radical (unpaired) electrons. The minimum atomic E-state index is 0.225. The van der Waals surface area contributed by atoms with E-state index in [1.54, 1.807) is 0 Å². The summed E-state index contributed by atoms with van der Waals surface area (Å²) in [4.78, 5) is 2.09. The molecule has 0 atom stereocenters. The van der Waals surface area contributed by atoms with Crippen molar-refractivity contribution in [2.75, 3.05) is 32.1 Å². The lowest BCUT2D eigenvalue weighted by molar-refractivity contribution is 0.303. The van der Waals surface area contributed by atoms with Crippen molar-refractivity contribution in [2.45, 2.75) is 45.6 Å². The van der Waals surface area contributed by atoms with E-state index >= 15 is 0 Å². The second-order valence-corrected chi connectivity index (χ2v) is 6.48. The Morgan fingerprint density at radius 1 is 1.10 bits per heavy atom. The Morgan fingerprint density at radius 3 is 2.50 bits per heavy atom. The molecule has 0 fully saturated rings. The minimum absolute atomic E-state index is 0.225. The van der Waals surface area contributed by atoms with Crippen molar-refractivity contribution in [1.29, 1.82) is 0 Å². The van der Waals surface area contributed by atoms with Crippen molar-refractivity contribution in [3.63, 3.8) is 0 Å². The Kier molecular flexibility index (Phi) is 6.86. The zero-order valence-corrected chi connectivity index (χ0v) is 13.7. The second-order valence-electron chi connectivity index (χ2n) is 6.48. The van der Waals surface area contributed by atoms with Crippen molar-refractivity contribution >= 4 is 5.69 Å². The van der Waals surface area contributed by atoms with Crippen LogP contribution in [0.15, 0.2) is 24.3 Å². The van der Waals surface area contributed by atoms with Gasteiger partial charge in [0.05, 0.1) is 6.61 Å². The summed E-state index contributed by atoms with van der Waals surface area (Å²) >= 11 is 0. The van der Waals surface area contributed by atoms with E-state index in [1.807, 2.05) is 26.2 Å². The maximum atomic E-state index is 5.80. The van der Waals surface area contributed by atoms with Gasteiger partial charge in [-0.05, 0) is 58.7 Å². The van der Waals surface area contributed by atoms with Gasteiger partial charge in [0.2, 0.25) is 0 Å². The molecule has 1 rings (SSSR count). The normalized spacial score (nSPS) is 11.4. The molecule has 0 saturated heterocycles. The van der Waals surface area contributed by atoms with E-state index in [1.165, 1.54) is 18.5 Å². The van der Waals surface area contributed by atoms with E-state index < -0.39 is 0 Å². The van der Waals surface area contributed by atoms with Crippen LogP contribution in [0.4, 0.5) is 5.69 Å². The number of hydrogen-bond acceptors (Lipinski definition) is 3. The van der Waals surface area contributed by atoms with Crippen LogP contribution in [0.3, 0.4) is 0 Å². The molecule has 1 aromatic carbocycles. The molecule has 0 aliphatic carbocycles. The van der Waals surface area contributed by atoms with Crippen LogP contribution in [-0.2, 0) is 0 Å². The third-order valence-corrected chi connectivity index (χ3v) is 3.08. The van der Waals surface area contributed by atoms with Gasteiger partial charge in [-0.15, -0.1) is 0 Å². The summed E-state index contributed by atoms with van der Waals surface area (Å²) in [6.45, 7) is 8.49. The first-order chi connectivity index (χ1) is 9.38. The van der Waals surface area contributed by atoms with Crippen LogP contribution in [0.5, 0.6) is 5.75 Å². The van der Waals surface area contributed by atoms with Gasteiger partial charge in [-0.3, -0.25) is 0 Å². The van der Waals surface area contributed by atoms with Crippen molar-refractivity contribution in [3.8, 4) is 5.75 Å². The molecule has 114 valence electrons. The smallest absolute Gasteiger partial charge is 0.121 e. The van der Waals surface area contributed by atoms with Gasteiger partial charge in [0.15, 0.2) is 0 Å². The van der Waals surface area contributed by atoms with Crippen LogP contribution in [0.25, 0.3) is 0 Å². The van der Waals surface area contributed by atoms with E-state index in [0.29, 0.717) is 0 Å². The molecular formula is C17H30N2O. The van der Waals surface area contributed by atoms with Crippen molar-refractivity contribution in [3.05, 3.63) is 24.3 Å². The number of unbranched alkanes of at least 4 members (excludes halogenated alkanes) is 2. The molecule has 0 spiro atoms. The highest BCUT2D eigenvalue weighted by atomic mass is 16.5. The third kappa shape index (κ3) is 7.39. The Morgan fingerprint density at radius 2 is 1.85 bits per heavy atom. The molecule has 0 aliphatic heterocycles. The lowest BCUT2D eigenvalue weighted by Crippen LogP contribution is -2.36. The van der Waals surface area contributed by atoms with Gasteiger partial charge in [0, 0.05) is 31.4 Å². The SMILES string of the molecule is CN(C)c1cccc(OCCCCCNC(C)(C)C)c1. The van der Waals surface area contributed by atoms with Crippen molar-refractivity contribution < 1.29 is 4.74 Å². The Bertz CT molecular complexity index is 383. The Labute approximate surface area is 124 Å². The zero-order chi connectivity index (χ0) is 15.0. The minimum Gasteiger partial charge on any atom is -0.494 e. The van der Waals surface area contributed by atoms with Crippen LogP contribution >= 0.6 is 0 Å². The fraction of sp³-hybridized carbons (Fsp3) is 0.647. The van der Waals surface area contributed by atoms with Gasteiger partial charge >= 0.3 is 0 Å². The van der Waals surface area contributed by atoms with E-state index in [9.17, 15) is 0 Å². The molecule has 0 aliphatic rings. The summed E-state index contributed by atoms with van der Waals surface area (Å²) < 4.78 is 5.80. The molecule has 0 aromatic heterocycles. The summed E-state index contributed by atoms with van der Waals surface area (Å²) in [5.41, 5.74) is 1.40. The van der Waals surface area contributed by atoms with Gasteiger partial charge in [-0.25, -0.2) is 0 Å². The van der Waals surface area contributed by atoms with E-state index in [2.05, 4.69) is 43.1 Å². The predicted molar refractivity (Wildman–Crippen MR) is 87.9 cm³/mol. The summed E-state index contributed by atoms with van der Waals surface area (Å²) in [5, 5.41) is 3.50. The lowest BCUT2D eigenvalue weighted by Gasteiger charge is -2.20. The summed E-state index contributed by atoms with van der Waals surface area (Å²) in [7, 11) is 4.09. The monoisotopic (exact) mass is 278 g/mol. The fourth-order valence-corrected chi connectivity index (χ4v) is 1.91. The molecule has 0 bridgehead atoms. The van der Waals surface area contributed by atoms with Crippen LogP contribution in [0.1, 0.15) is 40.0 Å². The molecule has 0 saturated carbocycles. The molecule has 0 amide bonds. The topological polar surface area (TPSA) is 24.5 Å². The molecule has 3 heteroatoms. The fourth-order valence-electron chi connectivity index (χ4n) is 1.91. The molecule has 0 unspecified atom stereocenters. The maximum absolute atomic E-state index is 5.80. The number of anilines is 1. The molecule has 3 nitrogen and oxygen atoms in total. The van der Waals surface area contributed by atoms with Crippen LogP contribution in [0, 0.1) is 0 Å². The van der Waals surface area contributed by atoms with Gasteiger partial charge in [-0.2, -0.15) is 0 Å². The van der Waals surface area contributed by atoms with Crippen LogP contribution < -0.4 is 15.0 Å². The molecular weight excluding hydrogens is 248 g/mol. The quantitative estimate of drug-likeness (QED) is 0.734. The average Bonchev–Trinajstić information content (AvgIpc) is 2.36.